The summed E-state index contributed by atoms with van der Waals surface area (Å²) < 4.78 is 5.73. The standard InChI is InChI=1S/C24H29NO4/c1-17(2)13-15-25(14-7-12-23(26)27)24(28)29-16-22-20-10-5-3-8-18(20)19-9-4-6-11-21(19)22/h3-6,8-11,17,22H,7,12-16H2,1-2H3,(H,26,27). The lowest BCUT2D eigenvalue weighted by molar-refractivity contribution is -0.137. The molecule has 1 aliphatic carbocycles. The summed E-state index contributed by atoms with van der Waals surface area (Å²) in [7, 11) is 0. The van der Waals surface area contributed by atoms with Gasteiger partial charge in [0.25, 0.3) is 0 Å². The fourth-order valence-corrected chi connectivity index (χ4v) is 3.81. The number of fused-ring (bicyclic) bond motifs is 3. The number of rotatable bonds is 9. The maximum atomic E-state index is 12.8. The third-order valence-corrected chi connectivity index (χ3v) is 5.39. The first kappa shape index (κ1) is 20.9. The van der Waals surface area contributed by atoms with Crippen molar-refractivity contribution in [1.29, 1.82) is 0 Å². The second kappa shape index (κ2) is 9.59. The van der Waals surface area contributed by atoms with Crippen LogP contribution in [-0.2, 0) is 9.53 Å². The van der Waals surface area contributed by atoms with Crippen molar-refractivity contribution in [2.24, 2.45) is 5.92 Å². The zero-order chi connectivity index (χ0) is 20.8. The van der Waals surface area contributed by atoms with Gasteiger partial charge in [-0.15, -0.1) is 0 Å². The number of carbonyl (C=O) groups is 2. The zero-order valence-electron chi connectivity index (χ0n) is 17.1. The van der Waals surface area contributed by atoms with Gasteiger partial charge in [0.1, 0.15) is 6.61 Å². The molecule has 0 aliphatic heterocycles. The van der Waals surface area contributed by atoms with E-state index in [2.05, 4.69) is 38.1 Å². The fraction of sp³-hybridized carbons (Fsp3) is 0.417. The van der Waals surface area contributed by atoms with Gasteiger partial charge in [-0.3, -0.25) is 4.79 Å². The van der Waals surface area contributed by atoms with E-state index in [1.807, 2.05) is 24.3 Å². The van der Waals surface area contributed by atoms with Crippen molar-refractivity contribution in [3.63, 3.8) is 0 Å². The Balaban J connectivity index is 1.68. The molecule has 0 unspecified atom stereocenters. The fourth-order valence-electron chi connectivity index (χ4n) is 3.81. The number of carboxylic acids is 1. The Morgan fingerprint density at radius 1 is 1.00 bits per heavy atom. The van der Waals surface area contributed by atoms with Gasteiger partial charge in [-0.1, -0.05) is 62.4 Å². The van der Waals surface area contributed by atoms with Gasteiger partial charge in [0.05, 0.1) is 0 Å². The molecule has 0 atom stereocenters. The highest BCUT2D eigenvalue weighted by Gasteiger charge is 2.29. The smallest absolute Gasteiger partial charge is 0.409 e. The van der Waals surface area contributed by atoms with Crippen LogP contribution in [0.15, 0.2) is 48.5 Å². The van der Waals surface area contributed by atoms with Gasteiger partial charge in [0, 0.05) is 25.4 Å². The van der Waals surface area contributed by atoms with E-state index < -0.39 is 5.97 Å². The predicted molar refractivity (Wildman–Crippen MR) is 113 cm³/mol. The molecule has 29 heavy (non-hydrogen) atoms. The van der Waals surface area contributed by atoms with Crippen LogP contribution in [0.25, 0.3) is 11.1 Å². The second-order valence-corrected chi connectivity index (χ2v) is 7.97. The average molecular weight is 395 g/mol. The molecule has 0 bridgehead atoms. The minimum Gasteiger partial charge on any atom is -0.481 e. The number of hydrogen-bond donors (Lipinski definition) is 1. The molecule has 0 saturated heterocycles. The lowest BCUT2D eigenvalue weighted by Crippen LogP contribution is -2.35. The number of hydrogen-bond acceptors (Lipinski definition) is 3. The molecule has 0 spiro atoms. The highest BCUT2D eigenvalue weighted by atomic mass is 16.6. The molecule has 1 aliphatic rings. The largest absolute Gasteiger partial charge is 0.481 e. The van der Waals surface area contributed by atoms with Crippen molar-refractivity contribution in [2.75, 3.05) is 19.7 Å². The first-order valence-corrected chi connectivity index (χ1v) is 10.3. The third kappa shape index (κ3) is 5.17. The molecule has 5 heteroatoms. The number of carbonyl (C=O) groups excluding carboxylic acids is 1. The summed E-state index contributed by atoms with van der Waals surface area (Å²) in [5.41, 5.74) is 4.76. The Labute approximate surface area is 172 Å². The quantitative estimate of drug-likeness (QED) is 0.638. The van der Waals surface area contributed by atoms with E-state index in [-0.39, 0.29) is 25.0 Å². The van der Waals surface area contributed by atoms with Crippen molar-refractivity contribution in [3.05, 3.63) is 59.7 Å². The van der Waals surface area contributed by atoms with Crippen LogP contribution < -0.4 is 0 Å². The minimum atomic E-state index is -0.846. The van der Waals surface area contributed by atoms with Crippen LogP contribution in [0.4, 0.5) is 4.79 Å². The topological polar surface area (TPSA) is 66.8 Å². The van der Waals surface area contributed by atoms with Crippen molar-refractivity contribution >= 4 is 12.1 Å². The van der Waals surface area contributed by atoms with Crippen molar-refractivity contribution in [1.82, 2.24) is 4.90 Å². The molecule has 0 radical (unpaired) electrons. The molecule has 2 aromatic carbocycles. The van der Waals surface area contributed by atoms with Crippen LogP contribution >= 0.6 is 0 Å². The first-order valence-electron chi connectivity index (χ1n) is 10.3. The summed E-state index contributed by atoms with van der Waals surface area (Å²) in [5.74, 6) is -0.364. The van der Waals surface area contributed by atoms with Crippen LogP contribution in [0.5, 0.6) is 0 Å². The summed E-state index contributed by atoms with van der Waals surface area (Å²) in [6, 6.07) is 16.5. The number of aliphatic carboxylic acids is 1. The van der Waals surface area contributed by atoms with E-state index in [4.69, 9.17) is 9.84 Å². The normalized spacial score (nSPS) is 12.5. The summed E-state index contributed by atoms with van der Waals surface area (Å²) in [4.78, 5) is 25.2. The lowest BCUT2D eigenvalue weighted by Gasteiger charge is -2.24. The predicted octanol–water partition coefficient (Wildman–Crippen LogP) is 5.15. The molecular weight excluding hydrogens is 366 g/mol. The highest BCUT2D eigenvalue weighted by Crippen LogP contribution is 2.44. The van der Waals surface area contributed by atoms with Crippen molar-refractivity contribution in [3.8, 4) is 11.1 Å². The first-order chi connectivity index (χ1) is 14.0. The van der Waals surface area contributed by atoms with Crippen LogP contribution in [0, 0.1) is 5.92 Å². The number of ether oxygens (including phenoxy) is 1. The van der Waals surface area contributed by atoms with Crippen LogP contribution in [-0.4, -0.2) is 41.8 Å². The number of amides is 1. The van der Waals surface area contributed by atoms with Gasteiger partial charge >= 0.3 is 12.1 Å². The van der Waals surface area contributed by atoms with Gasteiger partial charge in [0.2, 0.25) is 0 Å². The molecule has 0 saturated carbocycles. The maximum absolute atomic E-state index is 12.8. The lowest BCUT2D eigenvalue weighted by atomic mass is 9.98. The van der Waals surface area contributed by atoms with Crippen molar-refractivity contribution in [2.45, 2.75) is 39.0 Å². The molecular formula is C24H29NO4. The van der Waals surface area contributed by atoms with Crippen LogP contribution in [0.1, 0.15) is 50.2 Å². The number of nitrogens with zero attached hydrogens (tertiary/aromatic N) is 1. The number of benzene rings is 2. The summed E-state index contributed by atoms with van der Waals surface area (Å²) in [6.07, 6.45) is 0.974. The molecule has 1 N–H and O–H groups in total. The summed E-state index contributed by atoms with van der Waals surface area (Å²) >= 11 is 0. The van der Waals surface area contributed by atoms with Gasteiger partial charge in [-0.05, 0) is 41.0 Å². The van der Waals surface area contributed by atoms with E-state index in [9.17, 15) is 9.59 Å². The molecule has 3 rings (SSSR count). The molecule has 1 amide bonds. The molecule has 0 fully saturated rings. The van der Waals surface area contributed by atoms with Gasteiger partial charge in [0.15, 0.2) is 0 Å². The van der Waals surface area contributed by atoms with Gasteiger partial charge in [-0.25, -0.2) is 4.79 Å². The van der Waals surface area contributed by atoms with Crippen LogP contribution in [0.2, 0.25) is 0 Å². The summed E-state index contributed by atoms with van der Waals surface area (Å²) in [5, 5.41) is 8.88. The Morgan fingerprint density at radius 3 is 2.14 bits per heavy atom. The van der Waals surface area contributed by atoms with Gasteiger partial charge in [-0.2, -0.15) is 0 Å². The van der Waals surface area contributed by atoms with E-state index in [0.29, 0.717) is 25.4 Å². The Bertz CT molecular complexity index is 816. The molecule has 0 aromatic heterocycles. The second-order valence-electron chi connectivity index (χ2n) is 7.97. The van der Waals surface area contributed by atoms with E-state index >= 15 is 0 Å². The van der Waals surface area contributed by atoms with E-state index in [1.165, 1.54) is 22.3 Å². The monoisotopic (exact) mass is 395 g/mol. The van der Waals surface area contributed by atoms with Crippen LogP contribution in [0.3, 0.4) is 0 Å². The highest BCUT2D eigenvalue weighted by molar-refractivity contribution is 5.79. The minimum absolute atomic E-state index is 0.0253. The van der Waals surface area contributed by atoms with Crippen molar-refractivity contribution < 1.29 is 19.4 Å². The average Bonchev–Trinajstić information content (AvgIpc) is 3.02. The molecule has 5 nitrogen and oxygen atoms in total. The van der Waals surface area contributed by atoms with Gasteiger partial charge < -0.3 is 14.7 Å². The number of carboxylic acid groups (broad SMARTS) is 1. The molecule has 0 heterocycles. The Kier molecular flexibility index (Phi) is 6.91. The third-order valence-electron chi connectivity index (χ3n) is 5.39. The maximum Gasteiger partial charge on any atom is 0.409 e. The molecule has 154 valence electrons. The summed E-state index contributed by atoms with van der Waals surface area (Å²) in [6.45, 7) is 5.47. The molecule has 2 aromatic rings. The Morgan fingerprint density at radius 2 is 1.59 bits per heavy atom. The van der Waals surface area contributed by atoms with E-state index in [0.717, 1.165) is 6.42 Å². The van der Waals surface area contributed by atoms with E-state index in [1.54, 1.807) is 4.90 Å². The Hall–Kier alpha value is -2.82. The SMILES string of the molecule is CC(C)CCN(CCCC(=O)O)C(=O)OCC1c2ccccc2-c2ccccc21. The zero-order valence-corrected chi connectivity index (χ0v) is 17.1.